The van der Waals surface area contributed by atoms with Crippen molar-refractivity contribution in [1.29, 1.82) is 0 Å². The van der Waals surface area contributed by atoms with Crippen molar-refractivity contribution in [3.8, 4) is 11.3 Å². The lowest BCUT2D eigenvalue weighted by Crippen LogP contribution is -2.55. The Morgan fingerprint density at radius 2 is 1.80 bits per heavy atom. The van der Waals surface area contributed by atoms with E-state index in [1.807, 2.05) is 12.4 Å². The molecule has 4 aromatic heterocycles. The van der Waals surface area contributed by atoms with Gasteiger partial charge in [0.2, 0.25) is 5.91 Å². The van der Waals surface area contributed by atoms with E-state index in [0.29, 0.717) is 12.0 Å². The van der Waals surface area contributed by atoms with Crippen LogP contribution in [-0.4, -0.2) is 61.4 Å². The van der Waals surface area contributed by atoms with E-state index >= 15 is 0 Å². The van der Waals surface area contributed by atoms with Gasteiger partial charge in [-0.1, -0.05) is 24.1 Å². The van der Waals surface area contributed by atoms with Gasteiger partial charge in [-0.2, -0.15) is 0 Å². The lowest BCUT2D eigenvalue weighted by molar-refractivity contribution is -0.144. The van der Waals surface area contributed by atoms with Crippen molar-refractivity contribution in [2.75, 3.05) is 19.6 Å². The summed E-state index contributed by atoms with van der Waals surface area (Å²) in [6, 6.07) is 11.5. The van der Waals surface area contributed by atoms with Gasteiger partial charge < -0.3 is 20.2 Å². The molecule has 2 aliphatic heterocycles. The highest BCUT2D eigenvalue weighted by atomic mass is 16.2. The fraction of sp³-hybridized carbons (Fsp3) is 0.459. The maximum absolute atomic E-state index is 14.1. The number of aromatic nitrogens is 5. The number of carbonyl (C=O) groups excluding carboxylic acids is 1. The van der Waals surface area contributed by atoms with Crippen LogP contribution in [0.1, 0.15) is 80.2 Å². The summed E-state index contributed by atoms with van der Waals surface area (Å²) in [5, 5.41) is 4.81. The number of pyridine rings is 2. The highest BCUT2D eigenvalue weighted by Crippen LogP contribution is 2.40. The van der Waals surface area contributed by atoms with Gasteiger partial charge in [0, 0.05) is 36.9 Å². The van der Waals surface area contributed by atoms with Gasteiger partial charge in [-0.05, 0) is 125 Å². The molecule has 1 atom stereocenters. The predicted molar refractivity (Wildman–Crippen MR) is 180 cm³/mol. The first kappa shape index (κ1) is 29.7. The van der Waals surface area contributed by atoms with Gasteiger partial charge in [-0.25, -0.2) is 15.0 Å². The minimum Gasteiger partial charge on any atom is -0.343 e. The smallest absolute Gasteiger partial charge is 0.232 e. The summed E-state index contributed by atoms with van der Waals surface area (Å²) in [6.07, 6.45) is 11.2. The molecule has 0 radical (unpaired) electrons. The fourth-order valence-electron chi connectivity index (χ4n) is 7.75. The first-order chi connectivity index (χ1) is 21.7. The second-order valence-electron chi connectivity index (χ2n) is 14.1. The average Bonchev–Trinajstić information content (AvgIpc) is 3.67. The second-order valence-corrected chi connectivity index (χ2v) is 14.1. The Bertz CT molecular complexity index is 1840. The molecular weight excluding hydrogens is 558 g/mol. The molecule has 3 N–H and O–H groups in total. The third-order valence-electron chi connectivity index (χ3n) is 10.3. The van der Waals surface area contributed by atoms with E-state index in [4.69, 9.17) is 4.98 Å². The molecule has 8 rings (SSSR count). The van der Waals surface area contributed by atoms with Crippen LogP contribution >= 0.6 is 0 Å². The number of hydrogen-bond acceptors (Lipinski definition) is 5. The number of carbonyl (C=O) groups is 1. The number of piperidine rings is 2. The minimum atomic E-state index is -0.654. The Morgan fingerprint density at radius 1 is 1.02 bits per heavy atom. The lowest BCUT2D eigenvalue weighted by atomic mass is 9.76. The molecule has 8 heteroatoms. The quantitative estimate of drug-likeness (QED) is 0.162. The van der Waals surface area contributed by atoms with Gasteiger partial charge in [-0.3, -0.25) is 4.79 Å². The number of H-pyrrole nitrogens is 2. The molecule has 0 spiro atoms. The van der Waals surface area contributed by atoms with Crippen LogP contribution < -0.4 is 5.32 Å². The van der Waals surface area contributed by atoms with Gasteiger partial charge >= 0.3 is 0 Å². The van der Waals surface area contributed by atoms with Crippen LogP contribution in [0.25, 0.3) is 33.5 Å². The Balaban J connectivity index is 1.18. The molecule has 2 saturated heterocycles. The average molecular weight is 604 g/mol. The van der Waals surface area contributed by atoms with E-state index in [9.17, 15) is 4.79 Å². The van der Waals surface area contributed by atoms with Crippen molar-refractivity contribution >= 4 is 28.1 Å². The third kappa shape index (κ3) is 5.65. The molecule has 6 heterocycles. The van der Waals surface area contributed by atoms with Crippen molar-refractivity contribution < 1.29 is 4.79 Å². The zero-order valence-electron chi connectivity index (χ0n) is 27.2. The van der Waals surface area contributed by atoms with Gasteiger partial charge in [0.15, 0.2) is 5.65 Å². The topological polar surface area (TPSA) is 103 Å². The molecule has 3 aliphatic rings. The first-order valence-corrected chi connectivity index (χ1v) is 16.6. The normalized spacial score (nSPS) is 19.1. The highest BCUT2D eigenvalue weighted by molar-refractivity contribution is 5.93. The van der Waals surface area contributed by atoms with Crippen LogP contribution in [0.3, 0.4) is 0 Å². The lowest BCUT2D eigenvalue weighted by Gasteiger charge is -2.47. The molecule has 3 fully saturated rings. The molecular formula is C37H45N7O. The number of aryl methyl sites for hydroxylation is 2. The number of amides is 1. The maximum atomic E-state index is 14.1. The van der Waals surface area contributed by atoms with E-state index in [-0.39, 0.29) is 11.8 Å². The summed E-state index contributed by atoms with van der Waals surface area (Å²) in [7, 11) is 0. The van der Waals surface area contributed by atoms with E-state index in [1.54, 1.807) is 6.33 Å². The summed E-state index contributed by atoms with van der Waals surface area (Å²) in [5.74, 6) is 1.10. The predicted octanol–water partition coefficient (Wildman–Crippen LogP) is 6.73. The van der Waals surface area contributed by atoms with Crippen LogP contribution in [0.4, 0.5) is 0 Å². The number of benzene rings is 1. The van der Waals surface area contributed by atoms with E-state index in [0.717, 1.165) is 72.4 Å². The maximum Gasteiger partial charge on any atom is 0.232 e. The second kappa shape index (κ2) is 11.7. The largest absolute Gasteiger partial charge is 0.343 e. The Morgan fingerprint density at radius 3 is 2.53 bits per heavy atom. The van der Waals surface area contributed by atoms with Crippen LogP contribution in [0.15, 0.2) is 49.1 Å². The number of fused-ring (bicyclic) bond motifs is 5. The van der Waals surface area contributed by atoms with Gasteiger partial charge in [-0.15, -0.1) is 0 Å². The minimum absolute atomic E-state index is 0.205. The molecule has 1 saturated carbocycles. The monoisotopic (exact) mass is 603 g/mol. The van der Waals surface area contributed by atoms with Crippen molar-refractivity contribution in [2.24, 2.45) is 5.92 Å². The number of nitrogens with one attached hydrogen (secondary N) is 3. The zero-order valence-corrected chi connectivity index (χ0v) is 27.2. The molecule has 0 unspecified atom stereocenters. The number of rotatable bonds is 9. The van der Waals surface area contributed by atoms with Gasteiger partial charge in [0.25, 0.3) is 0 Å². The molecule has 234 valence electrons. The van der Waals surface area contributed by atoms with Gasteiger partial charge in [0.05, 0.1) is 23.0 Å². The van der Waals surface area contributed by atoms with Gasteiger partial charge in [0.1, 0.15) is 5.65 Å². The molecule has 1 amide bonds. The summed E-state index contributed by atoms with van der Waals surface area (Å²) in [5.41, 5.74) is 10.1. The van der Waals surface area contributed by atoms with E-state index < -0.39 is 5.41 Å². The Labute approximate surface area is 265 Å². The summed E-state index contributed by atoms with van der Waals surface area (Å²) in [4.78, 5) is 36.8. The first-order valence-electron chi connectivity index (χ1n) is 16.6. The Hall–Kier alpha value is -4.04. The molecule has 2 bridgehead atoms. The Kier molecular flexibility index (Phi) is 7.72. The van der Waals surface area contributed by atoms with Crippen LogP contribution in [0.5, 0.6) is 0 Å². The number of hydrogen-bond donors (Lipinski definition) is 3. The molecule has 1 aromatic carbocycles. The van der Waals surface area contributed by atoms with Crippen molar-refractivity contribution in [2.45, 2.75) is 84.1 Å². The number of aromatic amines is 2. The summed E-state index contributed by atoms with van der Waals surface area (Å²) < 4.78 is 0. The number of imidazole rings is 1. The van der Waals surface area contributed by atoms with Crippen LogP contribution in [0.2, 0.25) is 0 Å². The summed E-state index contributed by atoms with van der Waals surface area (Å²) >= 11 is 0. The van der Waals surface area contributed by atoms with E-state index in [2.05, 4.69) is 95.1 Å². The molecule has 45 heavy (non-hydrogen) atoms. The SMILES string of the molecule is Cc1cc(C)cc(-c2[nH]c3ncc(C(C)(C)C(=O)N4CC5CCC4CC5)cc3c2[C@H](C)CNCCc2cnc3nc[nH]c3c2)c1. The standard InChI is InChI=1S/C37H45N7O/c1-22-12-23(2)14-27(13-22)33-32(24(3)17-38-11-10-26-15-31-35(39-18-26)42-21-41-31)30-16-28(19-40-34(30)43-33)37(4,5)36(45)44-20-25-6-8-29(44)9-7-25/h12-16,18-19,21,24-25,29,38H,6-11,17,20H2,1-5H3,(H,40,43)(H,39,41,42)/t24-,25?,29?/m1/s1. The zero-order chi connectivity index (χ0) is 31.3. The molecule has 1 aliphatic carbocycles. The van der Waals surface area contributed by atoms with Crippen LogP contribution in [-0.2, 0) is 16.6 Å². The number of nitrogens with zero attached hydrogens (tertiary/aromatic N) is 4. The molecule has 8 nitrogen and oxygen atoms in total. The third-order valence-corrected chi connectivity index (χ3v) is 10.3. The highest BCUT2D eigenvalue weighted by Gasteiger charge is 2.42. The fourth-order valence-corrected chi connectivity index (χ4v) is 7.75. The van der Waals surface area contributed by atoms with Crippen LogP contribution in [0, 0.1) is 19.8 Å². The van der Waals surface area contributed by atoms with E-state index in [1.165, 1.54) is 40.7 Å². The molecule has 5 aromatic rings. The van der Waals surface area contributed by atoms with Crippen molar-refractivity contribution in [3.63, 3.8) is 0 Å². The summed E-state index contributed by atoms with van der Waals surface area (Å²) in [6.45, 7) is 13.3. The van der Waals surface area contributed by atoms with Crippen molar-refractivity contribution in [3.05, 3.63) is 76.9 Å². The van der Waals surface area contributed by atoms with Crippen molar-refractivity contribution in [1.82, 2.24) is 35.1 Å².